The van der Waals surface area contributed by atoms with Crippen molar-refractivity contribution in [1.82, 2.24) is 5.32 Å². The van der Waals surface area contributed by atoms with Crippen LogP contribution in [-0.4, -0.2) is 28.0 Å². The third kappa shape index (κ3) is 4.86. The minimum Gasteiger partial charge on any atom is -0.494 e. The molecule has 0 heterocycles. The zero-order valence-corrected chi connectivity index (χ0v) is 15.1. The Hall–Kier alpha value is -0.790. The van der Waals surface area contributed by atoms with Gasteiger partial charge in [-0.05, 0) is 34.0 Å². The molecule has 1 amide bonds. The van der Waals surface area contributed by atoms with Gasteiger partial charge in [-0.2, -0.15) is 0 Å². The molecule has 1 aromatic carbocycles. The number of carbonyl (C=O) groups is 1. The lowest BCUT2D eigenvalue weighted by Crippen LogP contribution is -2.28. The molecule has 21 heavy (non-hydrogen) atoms. The molecule has 1 atom stereocenters. The first-order valence-corrected chi connectivity index (χ1v) is 9.41. The SMILES string of the molecule is CCC(C)CNC(=O)c1cc(Br)c(OC)c(S(=O)(=O)Cl)c1. The maximum atomic E-state index is 12.1. The van der Waals surface area contributed by atoms with Crippen LogP contribution in [0.3, 0.4) is 0 Å². The normalized spacial score (nSPS) is 12.8. The van der Waals surface area contributed by atoms with Crippen LogP contribution in [0.5, 0.6) is 5.75 Å². The molecule has 1 N–H and O–H groups in total. The van der Waals surface area contributed by atoms with E-state index in [0.29, 0.717) is 16.9 Å². The van der Waals surface area contributed by atoms with Crippen LogP contribution in [-0.2, 0) is 9.05 Å². The van der Waals surface area contributed by atoms with Crippen LogP contribution in [0.1, 0.15) is 30.6 Å². The van der Waals surface area contributed by atoms with Gasteiger partial charge in [0.2, 0.25) is 0 Å². The van der Waals surface area contributed by atoms with E-state index >= 15 is 0 Å². The fourth-order valence-corrected chi connectivity index (χ4v) is 3.37. The van der Waals surface area contributed by atoms with Gasteiger partial charge >= 0.3 is 0 Å². The largest absolute Gasteiger partial charge is 0.494 e. The first-order valence-electron chi connectivity index (χ1n) is 6.31. The van der Waals surface area contributed by atoms with Gasteiger partial charge in [0.1, 0.15) is 4.90 Å². The van der Waals surface area contributed by atoms with Gasteiger partial charge in [0.25, 0.3) is 15.0 Å². The average molecular weight is 399 g/mol. The molecule has 1 rings (SSSR count). The van der Waals surface area contributed by atoms with Crippen molar-refractivity contribution in [2.45, 2.75) is 25.2 Å². The van der Waals surface area contributed by atoms with E-state index in [0.717, 1.165) is 6.42 Å². The van der Waals surface area contributed by atoms with Crippen LogP contribution in [0.25, 0.3) is 0 Å². The first-order chi connectivity index (χ1) is 9.70. The van der Waals surface area contributed by atoms with Gasteiger partial charge in [-0.1, -0.05) is 20.3 Å². The second-order valence-corrected chi connectivity index (χ2v) is 8.04. The van der Waals surface area contributed by atoms with Crippen molar-refractivity contribution < 1.29 is 17.9 Å². The number of carbonyl (C=O) groups excluding carboxylic acids is 1. The topological polar surface area (TPSA) is 72.5 Å². The third-order valence-electron chi connectivity index (χ3n) is 3.05. The summed E-state index contributed by atoms with van der Waals surface area (Å²) < 4.78 is 28.5. The van der Waals surface area contributed by atoms with E-state index in [1.807, 2.05) is 13.8 Å². The molecule has 1 aromatic rings. The predicted octanol–water partition coefficient (Wildman–Crippen LogP) is 3.16. The summed E-state index contributed by atoms with van der Waals surface area (Å²) in [5.74, 6) is 0.0514. The van der Waals surface area contributed by atoms with Crippen molar-refractivity contribution in [3.05, 3.63) is 22.2 Å². The summed E-state index contributed by atoms with van der Waals surface area (Å²) in [5.41, 5.74) is 0.199. The fraction of sp³-hybridized carbons (Fsp3) is 0.462. The van der Waals surface area contributed by atoms with Crippen molar-refractivity contribution in [3.8, 4) is 5.75 Å². The Morgan fingerprint density at radius 2 is 2.10 bits per heavy atom. The van der Waals surface area contributed by atoms with Gasteiger partial charge in [-0.3, -0.25) is 4.79 Å². The van der Waals surface area contributed by atoms with Crippen LogP contribution in [0.15, 0.2) is 21.5 Å². The summed E-state index contributed by atoms with van der Waals surface area (Å²) in [6.07, 6.45) is 0.938. The van der Waals surface area contributed by atoms with Gasteiger partial charge in [-0.25, -0.2) is 8.42 Å². The van der Waals surface area contributed by atoms with Crippen molar-refractivity contribution in [2.75, 3.05) is 13.7 Å². The number of rotatable bonds is 6. The summed E-state index contributed by atoms with van der Waals surface area (Å²) >= 11 is 3.18. The molecular weight excluding hydrogens is 382 g/mol. The van der Waals surface area contributed by atoms with E-state index in [1.54, 1.807) is 0 Å². The molecule has 5 nitrogen and oxygen atoms in total. The van der Waals surface area contributed by atoms with Gasteiger partial charge in [0.05, 0.1) is 11.6 Å². The molecule has 8 heteroatoms. The molecule has 0 aliphatic carbocycles. The Kier molecular flexibility index (Phi) is 6.49. The van der Waals surface area contributed by atoms with Crippen molar-refractivity contribution in [1.29, 1.82) is 0 Å². The summed E-state index contributed by atoms with van der Waals surface area (Å²) in [6.45, 7) is 4.56. The average Bonchev–Trinajstić information content (AvgIpc) is 2.42. The number of benzene rings is 1. The predicted molar refractivity (Wildman–Crippen MR) is 85.5 cm³/mol. The number of hydrogen-bond donors (Lipinski definition) is 1. The highest BCUT2D eigenvalue weighted by Gasteiger charge is 2.22. The maximum absolute atomic E-state index is 12.1. The van der Waals surface area contributed by atoms with Gasteiger partial charge in [-0.15, -0.1) is 0 Å². The van der Waals surface area contributed by atoms with E-state index in [4.69, 9.17) is 15.4 Å². The minimum atomic E-state index is -4.02. The lowest BCUT2D eigenvalue weighted by Gasteiger charge is -2.13. The van der Waals surface area contributed by atoms with E-state index in [1.165, 1.54) is 19.2 Å². The zero-order chi connectivity index (χ0) is 16.2. The summed E-state index contributed by atoms with van der Waals surface area (Å²) in [4.78, 5) is 11.8. The van der Waals surface area contributed by atoms with Crippen molar-refractivity contribution in [3.63, 3.8) is 0 Å². The van der Waals surface area contributed by atoms with Crippen LogP contribution < -0.4 is 10.1 Å². The molecule has 118 valence electrons. The van der Waals surface area contributed by atoms with Gasteiger partial charge in [0, 0.05) is 22.8 Å². The molecule has 0 fully saturated rings. The highest BCUT2D eigenvalue weighted by atomic mass is 79.9. The molecule has 0 aliphatic rings. The molecule has 0 spiro atoms. The number of ether oxygens (including phenoxy) is 1. The fourth-order valence-electron chi connectivity index (χ4n) is 1.59. The van der Waals surface area contributed by atoms with Gasteiger partial charge in [0.15, 0.2) is 5.75 Å². The van der Waals surface area contributed by atoms with E-state index < -0.39 is 9.05 Å². The molecule has 1 unspecified atom stereocenters. The lowest BCUT2D eigenvalue weighted by atomic mass is 10.1. The summed E-state index contributed by atoms with van der Waals surface area (Å²) in [7, 11) is 2.69. The van der Waals surface area contributed by atoms with E-state index in [2.05, 4.69) is 21.2 Å². The van der Waals surface area contributed by atoms with Crippen LogP contribution in [0.4, 0.5) is 0 Å². The molecule has 0 saturated carbocycles. The second kappa shape index (κ2) is 7.47. The molecule has 0 bridgehead atoms. The smallest absolute Gasteiger partial charge is 0.265 e. The van der Waals surface area contributed by atoms with Crippen molar-refractivity contribution in [2.24, 2.45) is 5.92 Å². The lowest BCUT2D eigenvalue weighted by molar-refractivity contribution is 0.0947. The number of amides is 1. The highest BCUT2D eigenvalue weighted by Crippen LogP contribution is 2.35. The highest BCUT2D eigenvalue weighted by molar-refractivity contribution is 9.10. The standard InChI is InChI=1S/C13H17BrClNO4S/c1-4-8(2)7-16-13(17)9-5-10(14)12(20-3)11(6-9)21(15,18)19/h5-6,8H,4,7H2,1-3H3,(H,16,17). The monoisotopic (exact) mass is 397 g/mol. The third-order valence-corrected chi connectivity index (χ3v) is 4.96. The summed E-state index contributed by atoms with van der Waals surface area (Å²) in [5, 5.41) is 2.75. The van der Waals surface area contributed by atoms with Crippen LogP contribution >= 0.6 is 26.6 Å². The Balaban J connectivity index is 3.16. The Morgan fingerprint density at radius 3 is 2.57 bits per heavy atom. The maximum Gasteiger partial charge on any atom is 0.265 e. The minimum absolute atomic E-state index is 0.0727. The number of nitrogens with one attached hydrogen (secondary N) is 1. The van der Waals surface area contributed by atoms with E-state index in [9.17, 15) is 13.2 Å². The van der Waals surface area contributed by atoms with E-state index in [-0.39, 0.29) is 22.1 Å². The number of methoxy groups -OCH3 is 1. The Morgan fingerprint density at radius 1 is 1.48 bits per heavy atom. The molecule has 0 aromatic heterocycles. The van der Waals surface area contributed by atoms with Gasteiger partial charge < -0.3 is 10.1 Å². The summed E-state index contributed by atoms with van der Waals surface area (Å²) in [6, 6.07) is 2.70. The van der Waals surface area contributed by atoms with Crippen LogP contribution in [0.2, 0.25) is 0 Å². The van der Waals surface area contributed by atoms with Crippen LogP contribution in [0, 0.1) is 5.92 Å². The van der Waals surface area contributed by atoms with Crippen molar-refractivity contribution >= 4 is 41.6 Å². The molecule has 0 saturated heterocycles. The Labute approximate surface area is 137 Å². The quantitative estimate of drug-likeness (QED) is 0.747. The second-order valence-electron chi connectivity index (χ2n) is 4.65. The number of hydrogen-bond acceptors (Lipinski definition) is 4. The number of halogens is 2. The first kappa shape index (κ1) is 18.3. The Bertz CT molecular complexity index is 633. The molecule has 0 aliphatic heterocycles. The molecular formula is C13H17BrClNO4S. The molecule has 0 radical (unpaired) electrons. The zero-order valence-electron chi connectivity index (χ0n) is 11.9.